The number of hydrogen-bond donors (Lipinski definition) is 0. The Balaban J connectivity index is 1.96. The average Bonchev–Trinajstić information content (AvgIpc) is 2.90. The first-order valence-corrected chi connectivity index (χ1v) is 11.8. The van der Waals surface area contributed by atoms with Crippen LogP contribution in [0, 0.1) is 0 Å². The van der Waals surface area contributed by atoms with Crippen molar-refractivity contribution in [3.63, 3.8) is 0 Å². The number of methoxy groups -OCH3 is 1. The summed E-state index contributed by atoms with van der Waals surface area (Å²) in [5.41, 5.74) is 0.760. The average molecular weight is 545 g/mol. The molecule has 0 N–H and O–H groups in total. The summed E-state index contributed by atoms with van der Waals surface area (Å²) in [4.78, 5) is 61.3. The first kappa shape index (κ1) is 29.1. The Morgan fingerprint density at radius 3 is 1.92 bits per heavy atom. The molecule has 1 saturated heterocycles. The van der Waals surface area contributed by atoms with Gasteiger partial charge in [0.2, 0.25) is 12.4 Å². The number of esters is 5. The molecular weight excluding hydrogens is 516 g/mol. The Morgan fingerprint density at radius 2 is 1.31 bits per heavy atom. The van der Waals surface area contributed by atoms with E-state index in [0.29, 0.717) is 0 Å². The van der Waals surface area contributed by atoms with Crippen LogP contribution < -0.4 is 4.74 Å². The Hall–Kier alpha value is -4.45. The predicted octanol–water partition coefficient (Wildman–Crippen LogP) is 2.12. The van der Waals surface area contributed by atoms with Gasteiger partial charge in [0.25, 0.3) is 0 Å². The van der Waals surface area contributed by atoms with Gasteiger partial charge >= 0.3 is 29.8 Å². The quantitative estimate of drug-likeness (QED) is 0.336. The SMILES string of the molecule is COC(=O)[C@@H]1O[C@H](Oc2ccccc2C(=O)OCc2ccccc2)[C@@H](OC(C)=O)[C@H](OC(C)=O)[C@H]1OC(C)=O. The van der Waals surface area contributed by atoms with Crippen molar-refractivity contribution < 1.29 is 57.1 Å². The van der Waals surface area contributed by atoms with Crippen molar-refractivity contribution in [3.05, 3.63) is 65.7 Å². The minimum Gasteiger partial charge on any atom is -0.467 e. The number of benzene rings is 2. The summed E-state index contributed by atoms with van der Waals surface area (Å²) in [7, 11) is 1.07. The third-order valence-electron chi connectivity index (χ3n) is 5.40. The van der Waals surface area contributed by atoms with Gasteiger partial charge in [0.05, 0.1) is 7.11 Å². The van der Waals surface area contributed by atoms with E-state index in [9.17, 15) is 24.0 Å². The molecule has 1 aliphatic rings. The molecule has 12 nitrogen and oxygen atoms in total. The molecule has 0 spiro atoms. The Kier molecular flexibility index (Phi) is 9.98. The fourth-order valence-corrected chi connectivity index (χ4v) is 3.84. The summed E-state index contributed by atoms with van der Waals surface area (Å²) in [6.45, 7) is 3.23. The van der Waals surface area contributed by atoms with E-state index in [-0.39, 0.29) is 17.9 Å². The summed E-state index contributed by atoms with van der Waals surface area (Å²) in [6, 6.07) is 15.0. The van der Waals surface area contributed by atoms with E-state index in [4.69, 9.17) is 33.2 Å². The van der Waals surface area contributed by atoms with Gasteiger partial charge in [-0.15, -0.1) is 0 Å². The lowest BCUT2D eigenvalue weighted by Crippen LogP contribution is -2.64. The molecule has 0 radical (unpaired) electrons. The van der Waals surface area contributed by atoms with Crippen LogP contribution in [0.5, 0.6) is 5.75 Å². The first-order chi connectivity index (χ1) is 18.6. The molecule has 0 unspecified atom stereocenters. The fraction of sp³-hybridized carbons (Fsp3) is 0.370. The fourth-order valence-electron chi connectivity index (χ4n) is 3.84. The second kappa shape index (κ2) is 13.4. The summed E-state index contributed by atoms with van der Waals surface area (Å²) < 4.78 is 37.7. The third kappa shape index (κ3) is 7.77. The molecule has 1 aliphatic heterocycles. The van der Waals surface area contributed by atoms with Gasteiger partial charge in [-0.1, -0.05) is 42.5 Å². The van der Waals surface area contributed by atoms with Crippen molar-refractivity contribution in [2.24, 2.45) is 0 Å². The smallest absolute Gasteiger partial charge is 0.342 e. The highest BCUT2D eigenvalue weighted by Gasteiger charge is 2.56. The largest absolute Gasteiger partial charge is 0.467 e. The summed E-state index contributed by atoms with van der Waals surface area (Å²) in [6.07, 6.45) is -7.86. The van der Waals surface area contributed by atoms with E-state index in [1.807, 2.05) is 6.07 Å². The maximum Gasteiger partial charge on any atom is 0.342 e. The van der Waals surface area contributed by atoms with Gasteiger partial charge in [-0.25, -0.2) is 9.59 Å². The van der Waals surface area contributed by atoms with Crippen LogP contribution in [0.2, 0.25) is 0 Å². The van der Waals surface area contributed by atoms with E-state index in [1.54, 1.807) is 36.4 Å². The van der Waals surface area contributed by atoms with Crippen LogP contribution in [0.15, 0.2) is 54.6 Å². The molecule has 0 aliphatic carbocycles. The number of rotatable bonds is 9. The highest BCUT2D eigenvalue weighted by Crippen LogP contribution is 2.32. The van der Waals surface area contributed by atoms with Gasteiger partial charge in [0.15, 0.2) is 18.3 Å². The van der Waals surface area contributed by atoms with Crippen LogP contribution in [0.4, 0.5) is 0 Å². The van der Waals surface area contributed by atoms with Gasteiger partial charge in [-0.3, -0.25) is 14.4 Å². The second-order valence-corrected chi connectivity index (χ2v) is 8.35. The predicted molar refractivity (Wildman–Crippen MR) is 130 cm³/mol. The Morgan fingerprint density at radius 1 is 0.744 bits per heavy atom. The van der Waals surface area contributed by atoms with E-state index in [2.05, 4.69) is 0 Å². The molecule has 1 fully saturated rings. The molecule has 0 saturated carbocycles. The van der Waals surface area contributed by atoms with Gasteiger partial charge in [-0.05, 0) is 17.7 Å². The van der Waals surface area contributed by atoms with Crippen molar-refractivity contribution >= 4 is 29.8 Å². The number of carbonyl (C=O) groups is 5. The van der Waals surface area contributed by atoms with E-state index in [1.165, 1.54) is 12.1 Å². The molecule has 1 heterocycles. The molecule has 0 amide bonds. The number of hydrogen-bond acceptors (Lipinski definition) is 12. The van der Waals surface area contributed by atoms with E-state index >= 15 is 0 Å². The van der Waals surface area contributed by atoms with Crippen molar-refractivity contribution in [1.82, 2.24) is 0 Å². The highest BCUT2D eigenvalue weighted by atomic mass is 16.7. The molecule has 2 aromatic carbocycles. The number of carbonyl (C=O) groups excluding carboxylic acids is 5. The van der Waals surface area contributed by atoms with Crippen LogP contribution in [0.25, 0.3) is 0 Å². The Bertz CT molecular complexity index is 1190. The lowest BCUT2D eigenvalue weighted by Gasteiger charge is -2.43. The van der Waals surface area contributed by atoms with E-state index < -0.39 is 60.6 Å². The molecule has 12 heteroatoms. The van der Waals surface area contributed by atoms with Crippen molar-refractivity contribution in [2.75, 3.05) is 7.11 Å². The molecule has 0 bridgehead atoms. The normalized spacial score (nSPS) is 22.1. The molecule has 2 aromatic rings. The molecule has 5 atom stereocenters. The molecule has 3 rings (SSSR count). The van der Waals surface area contributed by atoms with Crippen LogP contribution in [-0.4, -0.2) is 67.7 Å². The maximum atomic E-state index is 12.9. The molecule has 0 aromatic heterocycles. The molecular formula is C27H28O12. The Labute approximate surface area is 224 Å². The van der Waals surface area contributed by atoms with Gasteiger partial charge in [0, 0.05) is 20.8 Å². The highest BCUT2D eigenvalue weighted by molar-refractivity contribution is 5.92. The van der Waals surface area contributed by atoms with Crippen LogP contribution in [-0.2, 0) is 54.2 Å². The van der Waals surface area contributed by atoms with Gasteiger partial charge in [-0.2, -0.15) is 0 Å². The zero-order valence-corrected chi connectivity index (χ0v) is 21.7. The van der Waals surface area contributed by atoms with Crippen LogP contribution in [0.1, 0.15) is 36.7 Å². The lowest BCUT2D eigenvalue weighted by atomic mass is 9.97. The van der Waals surface area contributed by atoms with Gasteiger partial charge in [0.1, 0.15) is 17.9 Å². The number of para-hydroxylation sites is 1. The molecule has 208 valence electrons. The minimum atomic E-state index is -1.64. The van der Waals surface area contributed by atoms with Crippen molar-refractivity contribution in [3.8, 4) is 5.75 Å². The van der Waals surface area contributed by atoms with E-state index in [0.717, 1.165) is 33.4 Å². The van der Waals surface area contributed by atoms with Crippen LogP contribution in [0.3, 0.4) is 0 Å². The lowest BCUT2D eigenvalue weighted by molar-refractivity contribution is -0.282. The second-order valence-electron chi connectivity index (χ2n) is 8.35. The van der Waals surface area contributed by atoms with Crippen molar-refractivity contribution in [1.29, 1.82) is 0 Å². The third-order valence-corrected chi connectivity index (χ3v) is 5.40. The standard InChI is InChI=1S/C27H28O12/c1-15(28)35-21-22(36-16(2)29)24(37-17(3)30)27(39-23(21)26(32)33-4)38-20-13-9-8-12-19(20)25(31)34-14-18-10-6-5-7-11-18/h5-13,21-24,27H,14H2,1-4H3/t21-,22-,23-,24+,27+/m1/s1. The molecule has 39 heavy (non-hydrogen) atoms. The topological polar surface area (TPSA) is 150 Å². The number of ether oxygens (including phenoxy) is 7. The minimum absolute atomic E-state index is 0.000583. The van der Waals surface area contributed by atoms with Crippen LogP contribution >= 0.6 is 0 Å². The summed E-state index contributed by atoms with van der Waals surface area (Å²) in [5, 5.41) is 0. The first-order valence-electron chi connectivity index (χ1n) is 11.8. The zero-order chi connectivity index (χ0) is 28.5. The summed E-state index contributed by atoms with van der Waals surface area (Å²) in [5.74, 6) is -4.24. The van der Waals surface area contributed by atoms with Gasteiger partial charge < -0.3 is 33.2 Å². The van der Waals surface area contributed by atoms with Crippen molar-refractivity contribution in [2.45, 2.75) is 58.1 Å². The monoisotopic (exact) mass is 544 g/mol. The maximum absolute atomic E-state index is 12.9. The summed E-state index contributed by atoms with van der Waals surface area (Å²) >= 11 is 0. The zero-order valence-electron chi connectivity index (χ0n) is 21.7.